The fourth-order valence-corrected chi connectivity index (χ4v) is 4.14. The number of carbonyl (C=O) groups excluding carboxylic acids is 1. The molecule has 24 heavy (non-hydrogen) atoms. The lowest BCUT2D eigenvalue weighted by Crippen LogP contribution is -2.39. The molecule has 5 nitrogen and oxygen atoms in total. The van der Waals surface area contributed by atoms with E-state index in [4.69, 9.17) is 0 Å². The average molecular weight is 353 g/mol. The van der Waals surface area contributed by atoms with E-state index < -0.39 is 10.0 Å². The van der Waals surface area contributed by atoms with E-state index in [0.717, 1.165) is 32.1 Å². The number of hydrogen-bond acceptors (Lipinski definition) is 3. The predicted molar refractivity (Wildman–Crippen MR) is 95.0 cm³/mol. The lowest BCUT2D eigenvalue weighted by atomic mass is 9.81. The Kier molecular flexibility index (Phi) is 6.80. The maximum absolute atomic E-state index is 12.2. The Labute approximate surface area is 145 Å². The van der Waals surface area contributed by atoms with Crippen molar-refractivity contribution in [2.24, 2.45) is 11.8 Å². The summed E-state index contributed by atoms with van der Waals surface area (Å²) in [5.74, 6) is 0.518. The van der Waals surface area contributed by atoms with Gasteiger partial charge >= 0.3 is 0 Å². The van der Waals surface area contributed by atoms with Gasteiger partial charge in [-0.15, -0.1) is 0 Å². The van der Waals surface area contributed by atoms with Crippen molar-refractivity contribution >= 4 is 15.9 Å². The van der Waals surface area contributed by atoms with Gasteiger partial charge in [0.2, 0.25) is 15.9 Å². The molecule has 0 aliphatic heterocycles. The topological polar surface area (TPSA) is 75.3 Å². The molecule has 1 aliphatic carbocycles. The molecule has 0 saturated heterocycles. The quantitative estimate of drug-likeness (QED) is 0.792. The van der Waals surface area contributed by atoms with Gasteiger partial charge in [-0.1, -0.05) is 25.1 Å². The first kappa shape index (κ1) is 18.9. The maximum Gasteiger partial charge on any atom is 0.240 e. The number of benzene rings is 1. The molecule has 0 heterocycles. The van der Waals surface area contributed by atoms with Gasteiger partial charge < -0.3 is 5.32 Å². The number of sulfonamides is 1. The van der Waals surface area contributed by atoms with Crippen molar-refractivity contribution in [2.75, 3.05) is 6.54 Å². The Morgan fingerprint density at radius 2 is 1.79 bits per heavy atom. The first-order valence-corrected chi connectivity index (χ1v) is 10.3. The molecule has 1 aliphatic rings. The molecule has 0 radical (unpaired) electrons. The molecule has 2 rings (SSSR count). The number of nitrogens with one attached hydrogen (secondary N) is 2. The Morgan fingerprint density at radius 3 is 2.38 bits per heavy atom. The fourth-order valence-electron chi connectivity index (χ4n) is 3.00. The first-order chi connectivity index (χ1) is 11.4. The fraction of sp³-hybridized carbons (Fsp3) is 0.611. The molecular formula is C18H28N2O3S. The lowest BCUT2D eigenvalue weighted by molar-refractivity contribution is -0.126. The zero-order valence-corrected chi connectivity index (χ0v) is 15.3. The predicted octanol–water partition coefficient (Wildman–Crippen LogP) is 2.69. The van der Waals surface area contributed by atoms with Crippen molar-refractivity contribution < 1.29 is 13.2 Å². The summed E-state index contributed by atoms with van der Waals surface area (Å²) in [6, 6.07) is 8.64. The summed E-state index contributed by atoms with van der Waals surface area (Å²) in [4.78, 5) is 12.5. The third kappa shape index (κ3) is 5.31. The minimum atomic E-state index is -3.44. The van der Waals surface area contributed by atoms with E-state index in [1.165, 1.54) is 0 Å². The summed E-state index contributed by atoms with van der Waals surface area (Å²) < 4.78 is 27.2. The van der Waals surface area contributed by atoms with Gasteiger partial charge in [0.1, 0.15) is 0 Å². The Morgan fingerprint density at radius 1 is 1.17 bits per heavy atom. The zero-order chi connectivity index (χ0) is 17.6. The average Bonchev–Trinajstić information content (AvgIpc) is 2.61. The minimum Gasteiger partial charge on any atom is -0.353 e. The van der Waals surface area contributed by atoms with E-state index >= 15 is 0 Å². The van der Waals surface area contributed by atoms with Crippen LogP contribution >= 0.6 is 0 Å². The van der Waals surface area contributed by atoms with Crippen LogP contribution in [0.1, 0.15) is 46.0 Å². The molecule has 1 aromatic rings. The SMILES string of the molecule is CC[C@@H](C)NC(=O)C1CCC(CNS(=O)(=O)c2ccccc2)CC1. The van der Waals surface area contributed by atoms with Crippen LogP contribution in [0.4, 0.5) is 0 Å². The molecule has 0 bridgehead atoms. The normalized spacial score (nSPS) is 22.8. The number of carbonyl (C=O) groups is 1. The monoisotopic (exact) mass is 352 g/mol. The van der Waals surface area contributed by atoms with Crippen molar-refractivity contribution in [1.29, 1.82) is 0 Å². The Balaban J connectivity index is 1.78. The highest BCUT2D eigenvalue weighted by molar-refractivity contribution is 7.89. The van der Waals surface area contributed by atoms with E-state index in [1.54, 1.807) is 30.3 Å². The van der Waals surface area contributed by atoms with Gasteiger partial charge in [-0.25, -0.2) is 13.1 Å². The van der Waals surface area contributed by atoms with Gasteiger partial charge in [-0.05, 0) is 57.1 Å². The van der Waals surface area contributed by atoms with Crippen LogP contribution in [-0.4, -0.2) is 26.9 Å². The van der Waals surface area contributed by atoms with Crippen LogP contribution in [0.2, 0.25) is 0 Å². The number of amides is 1. The Bertz CT molecular complexity index is 623. The molecule has 1 aromatic carbocycles. The highest BCUT2D eigenvalue weighted by atomic mass is 32.2. The highest BCUT2D eigenvalue weighted by Crippen LogP contribution is 2.29. The van der Waals surface area contributed by atoms with Crippen LogP contribution in [0.15, 0.2) is 35.2 Å². The summed E-state index contributed by atoms with van der Waals surface area (Å²) in [5.41, 5.74) is 0. The van der Waals surface area contributed by atoms with Crippen LogP contribution in [0.3, 0.4) is 0 Å². The number of rotatable bonds is 7. The second-order valence-corrected chi connectivity index (χ2v) is 8.47. The molecular weight excluding hydrogens is 324 g/mol. The second-order valence-electron chi connectivity index (χ2n) is 6.70. The summed E-state index contributed by atoms with van der Waals surface area (Å²) in [6.45, 7) is 4.51. The van der Waals surface area contributed by atoms with Crippen molar-refractivity contribution in [3.63, 3.8) is 0 Å². The molecule has 1 fully saturated rings. The molecule has 1 amide bonds. The van der Waals surface area contributed by atoms with Gasteiger partial charge in [0.15, 0.2) is 0 Å². The smallest absolute Gasteiger partial charge is 0.240 e. The van der Waals surface area contributed by atoms with E-state index in [0.29, 0.717) is 17.4 Å². The maximum atomic E-state index is 12.2. The molecule has 1 saturated carbocycles. The van der Waals surface area contributed by atoms with Crippen LogP contribution < -0.4 is 10.0 Å². The zero-order valence-electron chi connectivity index (χ0n) is 14.5. The third-order valence-electron chi connectivity index (χ3n) is 4.83. The summed E-state index contributed by atoms with van der Waals surface area (Å²) in [6.07, 6.45) is 4.37. The van der Waals surface area contributed by atoms with Crippen LogP contribution in [0.25, 0.3) is 0 Å². The van der Waals surface area contributed by atoms with E-state index in [1.807, 2.05) is 6.92 Å². The van der Waals surface area contributed by atoms with E-state index in [9.17, 15) is 13.2 Å². The molecule has 6 heteroatoms. The van der Waals surface area contributed by atoms with Gasteiger partial charge in [0, 0.05) is 18.5 Å². The molecule has 0 spiro atoms. The van der Waals surface area contributed by atoms with Crippen molar-refractivity contribution in [3.05, 3.63) is 30.3 Å². The minimum absolute atomic E-state index is 0.0704. The van der Waals surface area contributed by atoms with E-state index in [2.05, 4.69) is 17.0 Å². The summed E-state index contributed by atoms with van der Waals surface area (Å²) in [7, 11) is -3.44. The largest absolute Gasteiger partial charge is 0.353 e. The molecule has 2 N–H and O–H groups in total. The molecule has 0 aromatic heterocycles. The van der Waals surface area contributed by atoms with Gasteiger partial charge in [-0.2, -0.15) is 0 Å². The third-order valence-corrected chi connectivity index (χ3v) is 6.27. The molecule has 0 unspecified atom stereocenters. The standard InChI is InChI=1S/C18H28N2O3S/c1-3-14(2)20-18(21)16-11-9-15(10-12-16)13-19-24(22,23)17-7-5-4-6-8-17/h4-8,14-16,19H,3,9-13H2,1-2H3,(H,20,21)/t14-,15?,16?/m1/s1. The van der Waals surface area contributed by atoms with E-state index in [-0.39, 0.29) is 17.9 Å². The number of hydrogen-bond donors (Lipinski definition) is 2. The van der Waals surface area contributed by atoms with Crippen molar-refractivity contribution in [3.8, 4) is 0 Å². The van der Waals surface area contributed by atoms with Gasteiger partial charge in [0.25, 0.3) is 0 Å². The second kappa shape index (κ2) is 8.62. The molecule has 134 valence electrons. The Hall–Kier alpha value is -1.40. The molecule has 1 atom stereocenters. The van der Waals surface area contributed by atoms with Crippen LogP contribution in [0.5, 0.6) is 0 Å². The summed E-state index contributed by atoms with van der Waals surface area (Å²) >= 11 is 0. The first-order valence-electron chi connectivity index (χ1n) is 8.77. The van der Waals surface area contributed by atoms with Crippen LogP contribution in [0, 0.1) is 11.8 Å². The summed E-state index contributed by atoms with van der Waals surface area (Å²) in [5, 5.41) is 3.04. The van der Waals surface area contributed by atoms with Crippen molar-refractivity contribution in [2.45, 2.75) is 56.9 Å². The van der Waals surface area contributed by atoms with Crippen molar-refractivity contribution in [1.82, 2.24) is 10.0 Å². The lowest BCUT2D eigenvalue weighted by Gasteiger charge is -2.28. The highest BCUT2D eigenvalue weighted by Gasteiger charge is 2.27. The van der Waals surface area contributed by atoms with Gasteiger partial charge in [-0.3, -0.25) is 4.79 Å². The van der Waals surface area contributed by atoms with Crippen LogP contribution in [-0.2, 0) is 14.8 Å². The van der Waals surface area contributed by atoms with Gasteiger partial charge in [0.05, 0.1) is 4.90 Å².